The van der Waals surface area contributed by atoms with E-state index in [1.165, 1.54) is 54.6 Å². The third-order valence-electron chi connectivity index (χ3n) is 7.26. The van der Waals surface area contributed by atoms with Crippen molar-refractivity contribution in [1.29, 1.82) is 0 Å². The molecule has 43 heavy (non-hydrogen) atoms. The van der Waals surface area contributed by atoms with Gasteiger partial charge in [-0.1, -0.05) is 24.3 Å². The number of carbonyl (C=O) groups excluding carboxylic acids is 3. The van der Waals surface area contributed by atoms with Crippen LogP contribution in [0.2, 0.25) is 0 Å². The van der Waals surface area contributed by atoms with Gasteiger partial charge in [0.05, 0.1) is 35.0 Å². The van der Waals surface area contributed by atoms with Gasteiger partial charge in [0.1, 0.15) is 11.7 Å². The number of ether oxygens (including phenoxy) is 2. The van der Waals surface area contributed by atoms with Gasteiger partial charge in [-0.15, -0.1) is 0 Å². The zero-order valence-corrected chi connectivity index (χ0v) is 22.5. The van der Waals surface area contributed by atoms with Gasteiger partial charge < -0.3 is 9.47 Å². The van der Waals surface area contributed by atoms with E-state index in [0.717, 1.165) is 17.0 Å². The number of rotatable bonds is 7. The molecule has 2 fully saturated rings. The Balaban J connectivity index is 1.36. The predicted octanol–water partition coefficient (Wildman–Crippen LogP) is 5.01. The Bertz CT molecular complexity index is 1730. The zero-order chi connectivity index (χ0) is 30.2. The molecule has 6 rings (SSSR count). The van der Waals surface area contributed by atoms with E-state index in [4.69, 9.17) is 14.3 Å². The lowest BCUT2D eigenvalue weighted by molar-refractivity contribution is -0.384. The highest BCUT2D eigenvalue weighted by molar-refractivity contribution is 6.24. The molecule has 216 valence electrons. The van der Waals surface area contributed by atoms with Gasteiger partial charge in [-0.3, -0.25) is 24.5 Å². The van der Waals surface area contributed by atoms with Crippen molar-refractivity contribution >= 4 is 34.8 Å². The summed E-state index contributed by atoms with van der Waals surface area (Å²) in [7, 11) is 1.39. The number of nitro groups is 1. The van der Waals surface area contributed by atoms with E-state index in [1.807, 2.05) is 6.07 Å². The highest BCUT2D eigenvalue weighted by Gasteiger charge is 2.60. The number of hydrogen-bond donors (Lipinski definition) is 0. The highest BCUT2D eigenvalue weighted by atomic mass is 19.1. The van der Waals surface area contributed by atoms with E-state index in [-0.39, 0.29) is 28.4 Å². The largest absolute Gasteiger partial charge is 0.493 e. The van der Waals surface area contributed by atoms with E-state index in [0.29, 0.717) is 11.3 Å². The number of para-hydroxylation sites is 1. The van der Waals surface area contributed by atoms with Gasteiger partial charge in [-0.25, -0.2) is 19.1 Å². The lowest BCUT2D eigenvalue weighted by Gasteiger charge is -2.29. The standard InChI is InChI=1S/C31H22FN3O8/c1-41-25-17-19(9-16-24(25)42-31(38)18-7-10-20(32)11-8-18)27-26-28(43-34(27)22-5-3-2-4-6-22)30(37)33(29(26)36)21-12-14-23(15-13-21)35(39)40/h2-17,26-28H,1H3/t26-,27+,28+/m1/s1. The number of benzene rings is 4. The van der Waals surface area contributed by atoms with Crippen LogP contribution >= 0.6 is 0 Å². The third-order valence-corrected chi connectivity index (χ3v) is 7.26. The molecule has 11 nitrogen and oxygen atoms in total. The summed E-state index contributed by atoms with van der Waals surface area (Å²) in [5.74, 6) is -3.10. The first-order valence-corrected chi connectivity index (χ1v) is 13.1. The number of fused-ring (bicyclic) bond motifs is 1. The highest BCUT2D eigenvalue weighted by Crippen LogP contribution is 2.48. The fourth-order valence-electron chi connectivity index (χ4n) is 5.23. The Labute approximate surface area is 243 Å². The van der Waals surface area contributed by atoms with Crippen molar-refractivity contribution in [2.24, 2.45) is 5.92 Å². The Kier molecular flexibility index (Phi) is 7.04. The number of anilines is 2. The number of imide groups is 1. The lowest BCUT2D eigenvalue weighted by Crippen LogP contribution is -2.37. The second kappa shape index (κ2) is 11.0. The molecule has 3 atom stereocenters. The lowest BCUT2D eigenvalue weighted by atomic mass is 9.90. The minimum atomic E-state index is -1.17. The van der Waals surface area contributed by atoms with Gasteiger partial charge in [0.15, 0.2) is 17.6 Å². The van der Waals surface area contributed by atoms with E-state index in [1.54, 1.807) is 36.4 Å². The number of nitrogens with zero attached hydrogens (tertiary/aromatic N) is 3. The molecule has 0 unspecified atom stereocenters. The van der Waals surface area contributed by atoms with Crippen LogP contribution in [0.3, 0.4) is 0 Å². The number of methoxy groups -OCH3 is 1. The number of halogens is 1. The molecule has 2 heterocycles. The first kappa shape index (κ1) is 27.5. The van der Waals surface area contributed by atoms with E-state index < -0.39 is 46.6 Å². The second-order valence-electron chi connectivity index (χ2n) is 9.75. The van der Waals surface area contributed by atoms with Crippen molar-refractivity contribution in [3.63, 3.8) is 0 Å². The first-order valence-electron chi connectivity index (χ1n) is 13.1. The Hall–Kier alpha value is -5.62. The number of amides is 2. The summed E-state index contributed by atoms with van der Waals surface area (Å²) in [4.78, 5) is 57.7. The number of hydrogen-bond acceptors (Lipinski definition) is 9. The van der Waals surface area contributed by atoms with Gasteiger partial charge in [-0.2, -0.15) is 0 Å². The van der Waals surface area contributed by atoms with Crippen LogP contribution in [-0.4, -0.2) is 35.9 Å². The molecule has 0 bridgehead atoms. The number of esters is 1. The third kappa shape index (κ3) is 4.93. The van der Waals surface area contributed by atoms with Crippen molar-refractivity contribution in [3.05, 3.63) is 124 Å². The molecule has 0 radical (unpaired) electrons. The van der Waals surface area contributed by atoms with E-state index >= 15 is 0 Å². The Morgan fingerprint density at radius 1 is 0.884 bits per heavy atom. The molecule has 2 saturated heterocycles. The predicted molar refractivity (Wildman–Crippen MR) is 150 cm³/mol. The fourth-order valence-corrected chi connectivity index (χ4v) is 5.23. The normalized spacial score (nSPS) is 19.3. The summed E-state index contributed by atoms with van der Waals surface area (Å²) >= 11 is 0. The van der Waals surface area contributed by atoms with E-state index in [2.05, 4.69) is 0 Å². The van der Waals surface area contributed by atoms with Gasteiger partial charge >= 0.3 is 5.97 Å². The zero-order valence-electron chi connectivity index (χ0n) is 22.5. The quantitative estimate of drug-likeness (QED) is 0.0969. The van der Waals surface area contributed by atoms with E-state index in [9.17, 15) is 28.9 Å². The summed E-state index contributed by atoms with van der Waals surface area (Å²) in [6, 6.07) is 22.8. The van der Waals surface area contributed by atoms with Crippen LogP contribution in [0.1, 0.15) is 22.0 Å². The average Bonchev–Trinajstić information content (AvgIpc) is 3.53. The number of nitro benzene ring substituents is 1. The summed E-state index contributed by atoms with van der Waals surface area (Å²) in [5, 5.41) is 12.6. The van der Waals surface area contributed by atoms with Gasteiger partial charge in [0.25, 0.3) is 11.6 Å². The van der Waals surface area contributed by atoms with Crippen LogP contribution in [0, 0.1) is 21.8 Å². The molecule has 2 aliphatic heterocycles. The maximum atomic E-state index is 13.9. The van der Waals surface area contributed by atoms with Crippen LogP contribution in [0.15, 0.2) is 97.1 Å². The summed E-state index contributed by atoms with van der Waals surface area (Å²) in [6.45, 7) is 0. The van der Waals surface area contributed by atoms with Crippen molar-refractivity contribution in [2.45, 2.75) is 12.1 Å². The van der Waals surface area contributed by atoms with Crippen molar-refractivity contribution < 1.29 is 38.0 Å². The fraction of sp³-hybridized carbons (Fsp3) is 0.129. The van der Waals surface area contributed by atoms with Crippen LogP contribution < -0.4 is 19.4 Å². The number of carbonyl (C=O) groups is 3. The monoisotopic (exact) mass is 583 g/mol. The minimum Gasteiger partial charge on any atom is -0.493 e. The Morgan fingerprint density at radius 2 is 1.58 bits per heavy atom. The Morgan fingerprint density at radius 3 is 2.23 bits per heavy atom. The molecule has 2 aliphatic rings. The van der Waals surface area contributed by atoms with Gasteiger partial charge in [0, 0.05) is 12.1 Å². The molecular weight excluding hydrogens is 561 g/mol. The maximum absolute atomic E-state index is 13.9. The van der Waals surface area contributed by atoms with Crippen LogP contribution in [0.4, 0.5) is 21.5 Å². The molecule has 0 aromatic heterocycles. The smallest absolute Gasteiger partial charge is 0.343 e. The first-order chi connectivity index (χ1) is 20.8. The van der Waals surface area contributed by atoms with Crippen LogP contribution in [-0.2, 0) is 14.4 Å². The molecule has 2 amide bonds. The molecule has 0 saturated carbocycles. The molecule has 0 spiro atoms. The minimum absolute atomic E-state index is 0.0867. The summed E-state index contributed by atoms with van der Waals surface area (Å²) in [5.41, 5.74) is 1.26. The molecular formula is C31H22FN3O8. The van der Waals surface area contributed by atoms with Crippen molar-refractivity contribution in [1.82, 2.24) is 0 Å². The number of hydroxylamine groups is 1. The van der Waals surface area contributed by atoms with Crippen LogP contribution in [0.25, 0.3) is 0 Å². The summed E-state index contributed by atoms with van der Waals surface area (Å²) < 4.78 is 24.3. The van der Waals surface area contributed by atoms with Gasteiger partial charge in [-0.05, 0) is 66.2 Å². The van der Waals surface area contributed by atoms with Crippen molar-refractivity contribution in [2.75, 3.05) is 17.1 Å². The molecule has 0 N–H and O–H groups in total. The van der Waals surface area contributed by atoms with Crippen LogP contribution in [0.5, 0.6) is 11.5 Å². The summed E-state index contributed by atoms with van der Waals surface area (Å²) in [6.07, 6.45) is -1.17. The average molecular weight is 584 g/mol. The molecule has 4 aromatic rings. The second-order valence-corrected chi connectivity index (χ2v) is 9.75. The van der Waals surface area contributed by atoms with Crippen molar-refractivity contribution in [3.8, 4) is 11.5 Å². The maximum Gasteiger partial charge on any atom is 0.343 e. The topological polar surface area (TPSA) is 129 Å². The van der Waals surface area contributed by atoms with Gasteiger partial charge in [0.2, 0.25) is 5.91 Å². The number of non-ortho nitro benzene ring substituents is 1. The molecule has 4 aromatic carbocycles. The SMILES string of the molecule is COc1cc([C@H]2[C@H]3C(=O)N(c4ccc([N+](=O)[O-])cc4)C(=O)[C@H]3ON2c2ccccc2)ccc1OC(=O)c1ccc(F)cc1. The molecule has 0 aliphatic carbocycles. The molecule has 12 heteroatoms.